The number of aromatic nitrogens is 1. The van der Waals surface area contributed by atoms with Gasteiger partial charge in [-0.15, -0.1) is 0 Å². The Balaban J connectivity index is 1.62. The van der Waals surface area contributed by atoms with Crippen molar-refractivity contribution in [1.82, 2.24) is 4.98 Å². The Bertz CT molecular complexity index is 1650. The predicted molar refractivity (Wildman–Crippen MR) is 147 cm³/mol. The molecule has 4 aromatic carbocycles. The van der Waals surface area contributed by atoms with Crippen molar-refractivity contribution in [2.24, 2.45) is 0 Å². The van der Waals surface area contributed by atoms with Gasteiger partial charge in [-0.3, -0.25) is 4.98 Å². The van der Waals surface area contributed by atoms with Gasteiger partial charge in [0.05, 0.1) is 5.69 Å². The van der Waals surface area contributed by atoms with Crippen LogP contribution >= 0.6 is 0 Å². The smallest absolute Gasteiger partial charge is 0.144 e. The summed E-state index contributed by atoms with van der Waals surface area (Å²) >= 11 is 0. The maximum absolute atomic E-state index is 6.70. The summed E-state index contributed by atoms with van der Waals surface area (Å²) in [6, 6.07) is 36.1. The average molecular weight is 454 g/mol. The number of hydrogen-bond acceptors (Lipinski definition) is 2. The molecule has 0 atom stereocenters. The molecule has 2 heterocycles. The minimum absolute atomic E-state index is 0.0183. The Kier molecular flexibility index (Phi) is 5.04. The monoisotopic (exact) mass is 453 g/mol. The summed E-state index contributed by atoms with van der Waals surface area (Å²) < 4.78 is 6.70. The van der Waals surface area contributed by atoms with Crippen molar-refractivity contribution in [3.05, 3.63) is 115 Å². The number of rotatable bonds is 3. The minimum atomic E-state index is 0.0183. The summed E-state index contributed by atoms with van der Waals surface area (Å²) in [6.07, 6.45) is 1.88. The fourth-order valence-electron chi connectivity index (χ4n) is 4.75. The summed E-state index contributed by atoms with van der Waals surface area (Å²) in [4.78, 5) is 4.73. The van der Waals surface area contributed by atoms with Gasteiger partial charge in [-0.05, 0) is 58.0 Å². The first kappa shape index (κ1) is 21.4. The van der Waals surface area contributed by atoms with E-state index < -0.39 is 0 Å². The molecule has 0 N–H and O–H groups in total. The molecular formula is C33H27NO. The molecule has 0 saturated carbocycles. The highest BCUT2D eigenvalue weighted by atomic mass is 16.3. The van der Waals surface area contributed by atoms with Gasteiger partial charge in [-0.25, -0.2) is 0 Å². The molecule has 0 fully saturated rings. The van der Waals surface area contributed by atoms with Gasteiger partial charge >= 0.3 is 0 Å². The number of nitrogens with zero attached hydrogens (tertiary/aromatic N) is 1. The standard InChI is InChI=1S/C33H27NO/c1-33(2,3)25-20-28(23-13-8-5-9-14-23)32-29(21-25)26-15-10-16-27(31(26)35-32)30-19-24(17-18-34-30)22-11-6-4-7-12-22/h4-21H,1-3H3. The third kappa shape index (κ3) is 3.81. The number of furan rings is 1. The van der Waals surface area contributed by atoms with Gasteiger partial charge in [-0.1, -0.05) is 93.6 Å². The van der Waals surface area contributed by atoms with Crippen LogP contribution in [0, 0.1) is 0 Å². The van der Waals surface area contributed by atoms with Crippen molar-refractivity contribution >= 4 is 21.9 Å². The van der Waals surface area contributed by atoms with Crippen molar-refractivity contribution in [2.75, 3.05) is 0 Å². The Morgan fingerprint density at radius 3 is 1.97 bits per heavy atom. The molecule has 0 aliphatic heterocycles. The van der Waals surface area contributed by atoms with Crippen LogP contribution in [-0.4, -0.2) is 4.98 Å². The van der Waals surface area contributed by atoms with Crippen LogP contribution in [0.2, 0.25) is 0 Å². The first-order chi connectivity index (χ1) is 17.0. The van der Waals surface area contributed by atoms with Crippen LogP contribution in [0.3, 0.4) is 0 Å². The normalized spacial score (nSPS) is 11.9. The molecule has 6 rings (SSSR count). The van der Waals surface area contributed by atoms with E-state index in [1.165, 1.54) is 11.1 Å². The second-order valence-electron chi connectivity index (χ2n) is 10.1. The zero-order valence-electron chi connectivity index (χ0n) is 20.2. The van der Waals surface area contributed by atoms with E-state index >= 15 is 0 Å². The molecule has 6 aromatic rings. The van der Waals surface area contributed by atoms with Gasteiger partial charge in [0.25, 0.3) is 0 Å². The van der Waals surface area contributed by atoms with Crippen molar-refractivity contribution in [3.8, 4) is 33.5 Å². The number of hydrogen-bond donors (Lipinski definition) is 0. The van der Waals surface area contributed by atoms with Crippen molar-refractivity contribution < 1.29 is 4.42 Å². The summed E-state index contributed by atoms with van der Waals surface area (Å²) in [6.45, 7) is 6.78. The molecular weight excluding hydrogens is 426 g/mol. The Hall–Kier alpha value is -4.17. The maximum atomic E-state index is 6.70. The summed E-state index contributed by atoms with van der Waals surface area (Å²) in [5.41, 5.74) is 9.63. The zero-order valence-corrected chi connectivity index (χ0v) is 20.2. The van der Waals surface area contributed by atoms with Crippen LogP contribution in [0.1, 0.15) is 26.3 Å². The number of fused-ring (bicyclic) bond motifs is 3. The van der Waals surface area contributed by atoms with Crippen LogP contribution in [0.5, 0.6) is 0 Å². The molecule has 35 heavy (non-hydrogen) atoms. The van der Waals surface area contributed by atoms with Gasteiger partial charge in [0.15, 0.2) is 0 Å². The zero-order chi connectivity index (χ0) is 24.0. The fraction of sp³-hybridized carbons (Fsp3) is 0.121. The van der Waals surface area contributed by atoms with Gasteiger partial charge in [0.1, 0.15) is 11.2 Å². The lowest BCUT2D eigenvalue weighted by Gasteiger charge is -2.20. The van der Waals surface area contributed by atoms with E-state index in [1.807, 2.05) is 12.3 Å². The summed E-state index contributed by atoms with van der Waals surface area (Å²) in [7, 11) is 0. The lowest BCUT2D eigenvalue weighted by atomic mass is 9.84. The SMILES string of the molecule is CC(C)(C)c1cc(-c2ccccc2)c2oc3c(-c4cc(-c5ccccc5)ccn4)cccc3c2c1. The molecule has 0 unspecified atom stereocenters. The fourth-order valence-corrected chi connectivity index (χ4v) is 4.75. The van der Waals surface area contributed by atoms with Gasteiger partial charge < -0.3 is 4.42 Å². The van der Waals surface area contributed by atoms with Crippen molar-refractivity contribution in [1.29, 1.82) is 0 Å². The lowest BCUT2D eigenvalue weighted by molar-refractivity contribution is 0.590. The molecule has 2 aromatic heterocycles. The van der Waals surface area contributed by atoms with E-state index in [1.54, 1.807) is 0 Å². The number of pyridine rings is 1. The van der Waals surface area contributed by atoms with E-state index in [0.717, 1.165) is 49.9 Å². The van der Waals surface area contributed by atoms with E-state index in [9.17, 15) is 0 Å². The van der Waals surface area contributed by atoms with Crippen LogP contribution in [0.4, 0.5) is 0 Å². The van der Waals surface area contributed by atoms with E-state index in [4.69, 9.17) is 9.40 Å². The van der Waals surface area contributed by atoms with Crippen molar-refractivity contribution in [3.63, 3.8) is 0 Å². The molecule has 0 saturated heterocycles. The second kappa shape index (κ2) is 8.25. The number of para-hydroxylation sites is 1. The maximum Gasteiger partial charge on any atom is 0.144 e. The molecule has 170 valence electrons. The predicted octanol–water partition coefficient (Wildman–Crippen LogP) is 9.28. The first-order valence-electron chi connectivity index (χ1n) is 12.1. The molecule has 0 spiro atoms. The molecule has 0 bridgehead atoms. The Labute approximate surface area is 205 Å². The minimum Gasteiger partial charge on any atom is -0.455 e. The first-order valence-corrected chi connectivity index (χ1v) is 12.1. The molecule has 0 aliphatic rings. The summed E-state index contributed by atoms with van der Waals surface area (Å²) in [5, 5.41) is 2.26. The van der Waals surface area contributed by atoms with Gasteiger partial charge in [-0.2, -0.15) is 0 Å². The van der Waals surface area contributed by atoms with E-state index in [0.29, 0.717) is 0 Å². The van der Waals surface area contributed by atoms with E-state index in [2.05, 4.69) is 118 Å². The average Bonchev–Trinajstić information content (AvgIpc) is 3.28. The summed E-state index contributed by atoms with van der Waals surface area (Å²) in [5.74, 6) is 0. The Morgan fingerprint density at radius 2 is 1.26 bits per heavy atom. The van der Waals surface area contributed by atoms with Crippen LogP contribution in [0.15, 0.2) is 114 Å². The van der Waals surface area contributed by atoms with Gasteiger partial charge in [0, 0.05) is 28.1 Å². The molecule has 0 amide bonds. The second-order valence-corrected chi connectivity index (χ2v) is 10.1. The third-order valence-electron chi connectivity index (χ3n) is 6.69. The highest BCUT2D eigenvalue weighted by Crippen LogP contribution is 2.42. The van der Waals surface area contributed by atoms with Gasteiger partial charge in [0.2, 0.25) is 0 Å². The van der Waals surface area contributed by atoms with Crippen molar-refractivity contribution in [2.45, 2.75) is 26.2 Å². The van der Waals surface area contributed by atoms with Crippen LogP contribution in [0.25, 0.3) is 55.4 Å². The highest BCUT2D eigenvalue weighted by molar-refractivity contribution is 6.13. The Morgan fingerprint density at radius 1 is 0.571 bits per heavy atom. The molecule has 2 nitrogen and oxygen atoms in total. The third-order valence-corrected chi connectivity index (χ3v) is 6.69. The molecule has 0 aliphatic carbocycles. The highest BCUT2D eigenvalue weighted by Gasteiger charge is 2.21. The van der Waals surface area contributed by atoms with Crippen LogP contribution in [-0.2, 0) is 5.41 Å². The van der Waals surface area contributed by atoms with E-state index in [-0.39, 0.29) is 5.41 Å². The molecule has 0 radical (unpaired) electrons. The lowest BCUT2D eigenvalue weighted by Crippen LogP contribution is -2.11. The number of benzene rings is 4. The largest absolute Gasteiger partial charge is 0.455 e. The molecule has 2 heteroatoms. The topological polar surface area (TPSA) is 26.0 Å². The quantitative estimate of drug-likeness (QED) is 0.267. The van der Waals surface area contributed by atoms with Crippen LogP contribution < -0.4 is 0 Å².